The van der Waals surface area contributed by atoms with E-state index in [9.17, 15) is 0 Å². The summed E-state index contributed by atoms with van der Waals surface area (Å²) in [5, 5.41) is 2.37. The minimum absolute atomic E-state index is 0.827. The van der Waals surface area contributed by atoms with Crippen LogP contribution in [0.4, 0.5) is 0 Å². The summed E-state index contributed by atoms with van der Waals surface area (Å²) in [5.41, 5.74) is 4.39. The van der Waals surface area contributed by atoms with Gasteiger partial charge >= 0.3 is 0 Å². The third-order valence-corrected chi connectivity index (χ3v) is 5.85. The number of methoxy groups -OCH3 is 2. The molecule has 4 aromatic rings. The summed E-state index contributed by atoms with van der Waals surface area (Å²) in [5.74, 6) is 1.70. The first-order valence-corrected chi connectivity index (χ1v) is 8.87. The van der Waals surface area contributed by atoms with E-state index in [1.165, 1.54) is 26.3 Å². The lowest BCUT2D eigenvalue weighted by Crippen LogP contribution is -1.97. The lowest BCUT2D eigenvalue weighted by atomic mass is 9.98. The van der Waals surface area contributed by atoms with Gasteiger partial charge < -0.3 is 9.47 Å². The zero-order valence-corrected chi connectivity index (χ0v) is 14.7. The second kappa shape index (κ2) is 5.39. The first-order chi connectivity index (χ1) is 12.3. The number of hydrogen-bond acceptors (Lipinski definition) is 4. The number of nitrogens with zero attached hydrogens (tertiary/aromatic N) is 1. The number of ether oxygens (including phenoxy) is 2. The van der Waals surface area contributed by atoms with Crippen molar-refractivity contribution in [2.24, 2.45) is 0 Å². The van der Waals surface area contributed by atoms with Crippen molar-refractivity contribution >= 4 is 33.6 Å². The normalized spacial score (nSPS) is 12.2. The summed E-state index contributed by atoms with van der Waals surface area (Å²) in [7, 11) is 3.39. The molecular weight excluding hydrogens is 330 g/mol. The molecule has 122 valence electrons. The van der Waals surface area contributed by atoms with Gasteiger partial charge in [0.2, 0.25) is 0 Å². The fraction of sp³-hybridized carbons (Fsp3) is 0.0952. The Morgan fingerprint density at radius 1 is 0.800 bits per heavy atom. The highest BCUT2D eigenvalue weighted by molar-refractivity contribution is 8.00. The molecule has 0 radical (unpaired) electrons. The van der Waals surface area contributed by atoms with Crippen LogP contribution < -0.4 is 9.47 Å². The molecule has 0 saturated carbocycles. The Hall–Kier alpha value is -2.72. The number of pyridine rings is 1. The maximum absolute atomic E-state index is 5.42. The van der Waals surface area contributed by atoms with E-state index in [2.05, 4.69) is 36.4 Å². The van der Waals surface area contributed by atoms with Crippen molar-refractivity contribution in [1.82, 2.24) is 4.98 Å². The second-order valence-corrected chi connectivity index (χ2v) is 7.04. The van der Waals surface area contributed by atoms with Crippen molar-refractivity contribution in [3.05, 3.63) is 54.6 Å². The Morgan fingerprint density at radius 3 is 2.44 bits per heavy atom. The molecule has 2 heterocycles. The maximum atomic E-state index is 5.42. The Labute approximate surface area is 149 Å². The number of rotatable bonds is 2. The van der Waals surface area contributed by atoms with Crippen molar-refractivity contribution in [3.63, 3.8) is 0 Å². The summed E-state index contributed by atoms with van der Waals surface area (Å²) >= 11 is 1.80. The van der Waals surface area contributed by atoms with Gasteiger partial charge in [-0.25, -0.2) is 4.98 Å². The topological polar surface area (TPSA) is 31.4 Å². The Bertz CT molecular complexity index is 1150. The van der Waals surface area contributed by atoms with Crippen molar-refractivity contribution in [2.75, 3.05) is 14.2 Å². The SMILES string of the molecule is COc1ccc2c(c1)-c1cccc3nc4cc(OC)ccc4c(c13)S2. The molecule has 3 nitrogen and oxygen atoms in total. The summed E-state index contributed by atoms with van der Waals surface area (Å²) in [4.78, 5) is 7.38. The van der Waals surface area contributed by atoms with Crippen LogP contribution in [0.1, 0.15) is 0 Å². The molecule has 4 heteroatoms. The number of hydrogen-bond donors (Lipinski definition) is 0. The van der Waals surface area contributed by atoms with Gasteiger partial charge in [0.05, 0.1) is 25.3 Å². The van der Waals surface area contributed by atoms with Crippen LogP contribution in [0.2, 0.25) is 0 Å². The monoisotopic (exact) mass is 345 g/mol. The summed E-state index contributed by atoms with van der Waals surface area (Å²) in [6.07, 6.45) is 0. The average Bonchev–Trinajstić information content (AvgIpc) is 2.67. The van der Waals surface area contributed by atoms with Crippen LogP contribution in [0, 0.1) is 0 Å². The van der Waals surface area contributed by atoms with Crippen LogP contribution >= 0.6 is 11.8 Å². The lowest BCUT2D eigenvalue weighted by molar-refractivity contribution is 0.414. The lowest BCUT2D eigenvalue weighted by Gasteiger charge is -2.22. The smallest absolute Gasteiger partial charge is 0.121 e. The molecule has 0 aliphatic carbocycles. The predicted octanol–water partition coefficient (Wildman–Crippen LogP) is 5.54. The molecule has 0 fully saturated rings. The van der Waals surface area contributed by atoms with Gasteiger partial charge in [-0.2, -0.15) is 0 Å². The van der Waals surface area contributed by atoms with Gasteiger partial charge in [-0.1, -0.05) is 23.9 Å². The molecule has 5 rings (SSSR count). The second-order valence-electron chi connectivity index (χ2n) is 5.99. The van der Waals surface area contributed by atoms with Gasteiger partial charge in [-0.3, -0.25) is 0 Å². The molecule has 0 spiro atoms. The minimum Gasteiger partial charge on any atom is -0.497 e. The van der Waals surface area contributed by atoms with Crippen LogP contribution in [-0.4, -0.2) is 19.2 Å². The van der Waals surface area contributed by atoms with Crippen LogP contribution in [0.3, 0.4) is 0 Å². The highest BCUT2D eigenvalue weighted by Crippen LogP contribution is 2.50. The van der Waals surface area contributed by atoms with E-state index in [1.807, 2.05) is 18.2 Å². The van der Waals surface area contributed by atoms with Crippen LogP contribution in [0.25, 0.3) is 32.9 Å². The highest BCUT2D eigenvalue weighted by Gasteiger charge is 2.22. The van der Waals surface area contributed by atoms with E-state index in [4.69, 9.17) is 14.5 Å². The molecule has 1 aromatic heterocycles. The van der Waals surface area contributed by atoms with Gasteiger partial charge in [0.15, 0.2) is 0 Å². The molecular formula is C21H15NO2S. The van der Waals surface area contributed by atoms with E-state index in [-0.39, 0.29) is 0 Å². The summed E-state index contributed by atoms with van der Waals surface area (Å²) in [6.45, 7) is 0. The Morgan fingerprint density at radius 2 is 1.60 bits per heavy atom. The maximum Gasteiger partial charge on any atom is 0.121 e. The third kappa shape index (κ3) is 2.11. The van der Waals surface area contributed by atoms with Gasteiger partial charge in [-0.05, 0) is 47.5 Å². The summed E-state index contributed by atoms with van der Waals surface area (Å²) < 4.78 is 10.8. The molecule has 0 atom stereocenters. The zero-order chi connectivity index (χ0) is 17.0. The number of fused-ring (bicyclic) bond motifs is 4. The molecule has 0 amide bonds. The first kappa shape index (κ1) is 14.6. The molecule has 0 saturated heterocycles. The minimum atomic E-state index is 0.827. The molecule has 1 aliphatic rings. The van der Waals surface area contributed by atoms with Crippen molar-refractivity contribution in [1.29, 1.82) is 0 Å². The highest BCUT2D eigenvalue weighted by atomic mass is 32.2. The van der Waals surface area contributed by atoms with Gasteiger partial charge in [-0.15, -0.1) is 0 Å². The van der Waals surface area contributed by atoms with Gasteiger partial charge in [0, 0.05) is 26.6 Å². The van der Waals surface area contributed by atoms with E-state index in [1.54, 1.807) is 26.0 Å². The third-order valence-electron chi connectivity index (χ3n) is 4.65. The molecule has 25 heavy (non-hydrogen) atoms. The van der Waals surface area contributed by atoms with E-state index >= 15 is 0 Å². The quantitative estimate of drug-likeness (QED) is 0.393. The van der Waals surface area contributed by atoms with Gasteiger partial charge in [0.1, 0.15) is 11.5 Å². The van der Waals surface area contributed by atoms with E-state index in [0.717, 1.165) is 27.9 Å². The molecule has 1 aliphatic heterocycles. The average molecular weight is 345 g/mol. The summed E-state index contributed by atoms with van der Waals surface area (Å²) in [6, 6.07) is 18.7. The fourth-order valence-electron chi connectivity index (χ4n) is 3.44. The van der Waals surface area contributed by atoms with Crippen molar-refractivity contribution in [2.45, 2.75) is 9.79 Å². The van der Waals surface area contributed by atoms with Gasteiger partial charge in [0.25, 0.3) is 0 Å². The molecule has 0 unspecified atom stereocenters. The Kier molecular flexibility index (Phi) is 3.15. The molecule has 3 aromatic carbocycles. The fourth-order valence-corrected chi connectivity index (χ4v) is 4.67. The van der Waals surface area contributed by atoms with Crippen molar-refractivity contribution < 1.29 is 9.47 Å². The van der Waals surface area contributed by atoms with Crippen LogP contribution in [0.5, 0.6) is 11.5 Å². The number of aromatic nitrogens is 1. The van der Waals surface area contributed by atoms with Crippen molar-refractivity contribution in [3.8, 4) is 22.6 Å². The molecule has 0 bridgehead atoms. The Balaban J connectivity index is 1.90. The molecule has 0 N–H and O–H groups in total. The predicted molar refractivity (Wildman–Crippen MR) is 102 cm³/mol. The largest absolute Gasteiger partial charge is 0.497 e. The number of benzene rings is 3. The van der Waals surface area contributed by atoms with E-state index < -0.39 is 0 Å². The van der Waals surface area contributed by atoms with E-state index in [0.29, 0.717) is 0 Å². The standard InChI is InChI=1S/C21H15NO2S/c1-23-12-7-9-19-16(10-12)14-4-3-5-17-20(14)21(25-19)15-8-6-13(24-2)11-18(15)22-17/h3-11H,1-2H3. The zero-order valence-electron chi connectivity index (χ0n) is 13.9. The first-order valence-electron chi connectivity index (χ1n) is 8.05. The van der Waals surface area contributed by atoms with Crippen LogP contribution in [-0.2, 0) is 0 Å². The van der Waals surface area contributed by atoms with Crippen LogP contribution in [0.15, 0.2) is 64.4 Å².